The summed E-state index contributed by atoms with van der Waals surface area (Å²) in [5.74, 6) is -0.0130. The maximum atomic E-state index is 12.5. The molecule has 2 atom stereocenters. The van der Waals surface area contributed by atoms with Gasteiger partial charge in [0.2, 0.25) is 5.91 Å². The third-order valence-corrected chi connectivity index (χ3v) is 17.3. The summed E-state index contributed by atoms with van der Waals surface area (Å²) >= 11 is 0. The van der Waals surface area contributed by atoms with E-state index in [4.69, 9.17) is 4.74 Å². The average Bonchev–Trinajstić information content (AvgIpc) is 3.45. The summed E-state index contributed by atoms with van der Waals surface area (Å²) in [6, 6.07) is -0.537. The number of unbranched alkanes of at least 4 members (excludes halogenated alkanes) is 56. The monoisotopic (exact) mass is 1110 g/mol. The fourth-order valence-corrected chi connectivity index (χ4v) is 11.8. The summed E-state index contributed by atoms with van der Waals surface area (Å²) in [5.41, 5.74) is 0. The van der Waals surface area contributed by atoms with Gasteiger partial charge < -0.3 is 20.3 Å². The minimum Gasteiger partial charge on any atom is -0.466 e. The van der Waals surface area contributed by atoms with Gasteiger partial charge in [0.15, 0.2) is 0 Å². The molecule has 0 spiro atoms. The second-order valence-electron chi connectivity index (χ2n) is 25.3. The number of carbonyl (C=O) groups excluding carboxylic acids is 2. The standard InChI is InChI=1S/C73H143NO5/c1-3-5-7-9-11-13-15-17-19-38-41-45-49-53-57-61-65-71(76)70(69-75)74-72(77)66-62-58-54-50-46-42-39-36-34-32-30-28-26-24-22-20-21-23-25-27-29-31-33-35-37-40-44-48-52-56-60-64-68-79-73(78)67-63-59-55-51-47-43-18-16-14-12-10-8-6-4-2/h16,18,70-71,75-76H,3-15,17,19-69H2,1-2H3,(H,74,77)/b18-16-. The number of carbonyl (C=O) groups is 2. The summed E-state index contributed by atoms with van der Waals surface area (Å²) in [4.78, 5) is 24.6. The van der Waals surface area contributed by atoms with E-state index in [1.165, 1.54) is 340 Å². The molecule has 0 radical (unpaired) electrons. The SMILES string of the molecule is CCCCCCC/C=C\CCCCCCCC(=O)OCCCCCCCCCCCCCCCCCCCCCCCCCCCCCCCCCCC(=O)NC(CO)C(O)CCCCCCCCCCCCCCCCCC. The Morgan fingerprint density at radius 3 is 0.899 bits per heavy atom. The Hall–Kier alpha value is -1.40. The van der Waals surface area contributed by atoms with Crippen molar-refractivity contribution in [2.24, 2.45) is 0 Å². The van der Waals surface area contributed by atoms with E-state index >= 15 is 0 Å². The molecule has 0 aromatic heterocycles. The van der Waals surface area contributed by atoms with Crippen molar-refractivity contribution in [3.8, 4) is 0 Å². The molecule has 0 saturated heterocycles. The summed E-state index contributed by atoms with van der Waals surface area (Å²) in [7, 11) is 0. The first-order chi connectivity index (χ1) is 39.0. The van der Waals surface area contributed by atoms with E-state index in [0.717, 1.165) is 44.9 Å². The van der Waals surface area contributed by atoms with Gasteiger partial charge in [-0.05, 0) is 51.4 Å². The van der Waals surface area contributed by atoms with E-state index in [0.29, 0.717) is 25.9 Å². The van der Waals surface area contributed by atoms with Crippen LogP contribution in [-0.2, 0) is 14.3 Å². The van der Waals surface area contributed by atoms with Gasteiger partial charge in [-0.2, -0.15) is 0 Å². The van der Waals surface area contributed by atoms with Crippen molar-refractivity contribution >= 4 is 11.9 Å². The molecular weight excluding hydrogens is 971 g/mol. The molecule has 470 valence electrons. The lowest BCUT2D eigenvalue weighted by atomic mass is 10.0. The number of ether oxygens (including phenoxy) is 1. The first-order valence-electron chi connectivity index (χ1n) is 36.4. The third-order valence-electron chi connectivity index (χ3n) is 17.3. The Balaban J connectivity index is 3.31. The molecule has 0 aliphatic carbocycles. The zero-order chi connectivity index (χ0) is 57.1. The fraction of sp³-hybridized carbons (Fsp3) is 0.945. The molecule has 79 heavy (non-hydrogen) atoms. The van der Waals surface area contributed by atoms with Crippen molar-refractivity contribution in [1.29, 1.82) is 0 Å². The molecule has 0 aromatic rings. The summed E-state index contributed by atoms with van der Waals surface area (Å²) < 4.78 is 5.49. The number of amides is 1. The van der Waals surface area contributed by atoms with Crippen LogP contribution >= 0.6 is 0 Å². The van der Waals surface area contributed by atoms with Crippen LogP contribution in [0.25, 0.3) is 0 Å². The van der Waals surface area contributed by atoms with Crippen molar-refractivity contribution < 1.29 is 24.5 Å². The summed E-state index contributed by atoms with van der Waals surface area (Å²) in [6.45, 7) is 4.98. The van der Waals surface area contributed by atoms with Gasteiger partial charge in [0.25, 0.3) is 0 Å². The maximum absolute atomic E-state index is 12.5. The molecule has 6 heteroatoms. The number of hydrogen-bond acceptors (Lipinski definition) is 5. The lowest BCUT2D eigenvalue weighted by molar-refractivity contribution is -0.143. The van der Waals surface area contributed by atoms with Crippen molar-refractivity contribution in [3.63, 3.8) is 0 Å². The number of aliphatic hydroxyl groups excluding tert-OH is 2. The molecule has 0 heterocycles. The Labute approximate surface area is 495 Å². The van der Waals surface area contributed by atoms with Crippen LogP contribution in [0, 0.1) is 0 Å². The minimum absolute atomic E-state index is 0.0135. The van der Waals surface area contributed by atoms with Crippen molar-refractivity contribution in [2.75, 3.05) is 13.2 Å². The normalized spacial score (nSPS) is 12.5. The Morgan fingerprint density at radius 1 is 0.342 bits per heavy atom. The topological polar surface area (TPSA) is 95.9 Å². The third kappa shape index (κ3) is 65.6. The second kappa shape index (κ2) is 69.1. The predicted molar refractivity (Wildman–Crippen MR) is 347 cm³/mol. The van der Waals surface area contributed by atoms with E-state index in [2.05, 4.69) is 31.3 Å². The first kappa shape index (κ1) is 77.6. The highest BCUT2D eigenvalue weighted by atomic mass is 16.5. The van der Waals surface area contributed by atoms with Gasteiger partial charge in [-0.1, -0.05) is 366 Å². The number of rotatable bonds is 69. The van der Waals surface area contributed by atoms with Gasteiger partial charge in [0.1, 0.15) is 0 Å². The minimum atomic E-state index is -0.660. The Morgan fingerprint density at radius 2 is 0.595 bits per heavy atom. The Bertz CT molecular complexity index is 1190. The van der Waals surface area contributed by atoms with E-state index in [9.17, 15) is 19.8 Å². The van der Waals surface area contributed by atoms with Crippen LogP contribution in [-0.4, -0.2) is 47.4 Å². The van der Waals surface area contributed by atoms with Crippen molar-refractivity contribution in [1.82, 2.24) is 5.32 Å². The molecule has 0 aliphatic heterocycles. The van der Waals surface area contributed by atoms with Crippen LogP contribution in [0.15, 0.2) is 12.2 Å². The second-order valence-corrected chi connectivity index (χ2v) is 25.3. The fourth-order valence-electron chi connectivity index (χ4n) is 11.8. The first-order valence-corrected chi connectivity index (χ1v) is 36.4. The zero-order valence-corrected chi connectivity index (χ0v) is 53.9. The quantitative estimate of drug-likeness (QED) is 0.0320. The van der Waals surface area contributed by atoms with Gasteiger partial charge in [-0.3, -0.25) is 9.59 Å². The van der Waals surface area contributed by atoms with E-state index in [1.807, 2.05) is 0 Å². The van der Waals surface area contributed by atoms with Gasteiger partial charge in [-0.15, -0.1) is 0 Å². The molecule has 3 N–H and O–H groups in total. The Kier molecular flexibility index (Phi) is 67.9. The van der Waals surface area contributed by atoms with Crippen LogP contribution in [0.3, 0.4) is 0 Å². The largest absolute Gasteiger partial charge is 0.466 e. The van der Waals surface area contributed by atoms with Crippen molar-refractivity contribution in [2.45, 2.75) is 431 Å². The lowest BCUT2D eigenvalue weighted by Gasteiger charge is -2.22. The zero-order valence-electron chi connectivity index (χ0n) is 53.9. The average molecular weight is 1110 g/mol. The van der Waals surface area contributed by atoms with Crippen LogP contribution in [0.5, 0.6) is 0 Å². The van der Waals surface area contributed by atoms with E-state index in [-0.39, 0.29) is 18.5 Å². The van der Waals surface area contributed by atoms with E-state index < -0.39 is 12.1 Å². The molecule has 0 bridgehead atoms. The molecule has 0 aliphatic rings. The highest BCUT2D eigenvalue weighted by Gasteiger charge is 2.20. The van der Waals surface area contributed by atoms with Gasteiger partial charge in [0, 0.05) is 12.8 Å². The summed E-state index contributed by atoms with van der Waals surface area (Å²) in [6.07, 6.45) is 85.6. The molecule has 2 unspecified atom stereocenters. The van der Waals surface area contributed by atoms with Crippen LogP contribution in [0.1, 0.15) is 418 Å². The molecule has 0 saturated carbocycles. The van der Waals surface area contributed by atoms with Gasteiger partial charge >= 0.3 is 5.97 Å². The molecular formula is C73H143NO5. The van der Waals surface area contributed by atoms with E-state index in [1.54, 1.807) is 0 Å². The van der Waals surface area contributed by atoms with Crippen LogP contribution < -0.4 is 5.32 Å². The molecule has 0 fully saturated rings. The number of aliphatic hydroxyl groups is 2. The number of hydrogen-bond donors (Lipinski definition) is 3. The molecule has 1 amide bonds. The van der Waals surface area contributed by atoms with Gasteiger partial charge in [0.05, 0.1) is 25.4 Å². The van der Waals surface area contributed by atoms with Crippen LogP contribution in [0.4, 0.5) is 0 Å². The lowest BCUT2D eigenvalue weighted by Crippen LogP contribution is -2.45. The number of nitrogens with one attached hydrogen (secondary N) is 1. The smallest absolute Gasteiger partial charge is 0.305 e. The maximum Gasteiger partial charge on any atom is 0.305 e. The number of esters is 1. The van der Waals surface area contributed by atoms with Crippen LogP contribution in [0.2, 0.25) is 0 Å². The van der Waals surface area contributed by atoms with Crippen molar-refractivity contribution in [3.05, 3.63) is 12.2 Å². The molecule has 6 nitrogen and oxygen atoms in total. The highest BCUT2D eigenvalue weighted by molar-refractivity contribution is 5.76. The number of allylic oxidation sites excluding steroid dienone is 2. The molecule has 0 aromatic carbocycles. The highest BCUT2D eigenvalue weighted by Crippen LogP contribution is 2.20. The van der Waals surface area contributed by atoms with Gasteiger partial charge in [-0.25, -0.2) is 0 Å². The predicted octanol–water partition coefficient (Wildman–Crippen LogP) is 23.5. The molecule has 0 rings (SSSR count). The summed E-state index contributed by atoms with van der Waals surface area (Å²) in [5, 5.41) is 23.4.